The summed E-state index contributed by atoms with van der Waals surface area (Å²) in [6.07, 6.45) is 6.84. The van der Waals surface area contributed by atoms with Crippen LogP contribution in [0.5, 0.6) is 0 Å². The van der Waals surface area contributed by atoms with Crippen molar-refractivity contribution in [2.45, 2.75) is 31.8 Å². The van der Waals surface area contributed by atoms with Gasteiger partial charge in [-0.15, -0.1) is 0 Å². The molecule has 0 bridgehead atoms. The van der Waals surface area contributed by atoms with Crippen molar-refractivity contribution in [2.24, 2.45) is 0 Å². The van der Waals surface area contributed by atoms with Crippen LogP contribution in [-0.2, 0) is 6.54 Å². The van der Waals surface area contributed by atoms with E-state index in [9.17, 15) is 9.59 Å². The van der Waals surface area contributed by atoms with Gasteiger partial charge in [-0.05, 0) is 43.7 Å². The minimum atomic E-state index is -0.0797. The minimum Gasteiger partial charge on any atom is -0.361 e. The molecule has 0 aliphatic carbocycles. The Labute approximate surface area is 163 Å². The van der Waals surface area contributed by atoms with E-state index < -0.39 is 0 Å². The number of nitrogens with zero attached hydrogens (tertiary/aromatic N) is 3. The summed E-state index contributed by atoms with van der Waals surface area (Å²) in [5, 5.41) is 8.18. The van der Waals surface area contributed by atoms with Gasteiger partial charge in [0.25, 0.3) is 11.5 Å². The first-order valence-electron chi connectivity index (χ1n) is 9.83. The number of rotatable bonds is 6. The molecule has 0 saturated carbocycles. The molecular weight excluding hydrogens is 354 g/mol. The second-order valence-corrected chi connectivity index (χ2v) is 7.23. The van der Waals surface area contributed by atoms with Gasteiger partial charge in [0.2, 0.25) is 0 Å². The summed E-state index contributed by atoms with van der Waals surface area (Å²) in [4.78, 5) is 30.1. The highest BCUT2D eigenvalue weighted by molar-refractivity contribution is 6.06. The van der Waals surface area contributed by atoms with Gasteiger partial charge in [-0.3, -0.25) is 14.5 Å². The summed E-state index contributed by atoms with van der Waals surface area (Å²) in [6.45, 7) is 2.91. The van der Waals surface area contributed by atoms with Crippen molar-refractivity contribution in [3.8, 4) is 0 Å². The van der Waals surface area contributed by atoms with Crippen LogP contribution in [0.1, 0.15) is 29.6 Å². The number of carbonyl (C=O) groups is 1. The van der Waals surface area contributed by atoms with Crippen molar-refractivity contribution >= 4 is 16.8 Å². The number of likely N-dealkylation sites (tertiary alicyclic amines) is 1. The third-order valence-electron chi connectivity index (χ3n) is 5.47. The summed E-state index contributed by atoms with van der Waals surface area (Å²) in [6, 6.07) is 11.1. The number of hydrogen-bond donors (Lipinski definition) is 2. The number of benzene rings is 1. The SMILES string of the molecule is O=C(NCC1CCCCN1CCn1ncccc1=O)c1cccc2[nH]ccc12. The molecule has 1 fully saturated rings. The molecule has 0 radical (unpaired) electrons. The van der Waals surface area contributed by atoms with Crippen molar-refractivity contribution in [1.29, 1.82) is 0 Å². The number of nitrogens with one attached hydrogen (secondary N) is 2. The van der Waals surface area contributed by atoms with Crippen LogP contribution in [0.15, 0.2) is 53.6 Å². The van der Waals surface area contributed by atoms with Gasteiger partial charge in [0.15, 0.2) is 0 Å². The lowest BCUT2D eigenvalue weighted by Crippen LogP contribution is -2.48. The van der Waals surface area contributed by atoms with Crippen LogP contribution >= 0.6 is 0 Å². The molecule has 4 rings (SSSR count). The van der Waals surface area contributed by atoms with E-state index in [0.29, 0.717) is 18.7 Å². The topological polar surface area (TPSA) is 83.0 Å². The highest BCUT2D eigenvalue weighted by atomic mass is 16.1. The van der Waals surface area contributed by atoms with E-state index in [0.717, 1.165) is 43.3 Å². The van der Waals surface area contributed by atoms with Crippen LogP contribution in [-0.4, -0.2) is 51.2 Å². The van der Waals surface area contributed by atoms with E-state index in [-0.39, 0.29) is 17.5 Å². The number of hydrogen-bond acceptors (Lipinski definition) is 4. The van der Waals surface area contributed by atoms with Crippen LogP contribution in [0.2, 0.25) is 0 Å². The Morgan fingerprint density at radius 3 is 3.00 bits per heavy atom. The van der Waals surface area contributed by atoms with Crippen LogP contribution in [0, 0.1) is 0 Å². The Morgan fingerprint density at radius 2 is 2.11 bits per heavy atom. The molecule has 1 aromatic carbocycles. The Hall–Kier alpha value is -2.93. The standard InChI is InChI=1S/C21H25N5O2/c27-20-8-4-10-24-26(20)14-13-25-12-2-1-5-16(25)15-23-21(28)18-6-3-7-19-17(18)9-11-22-19/h3-4,6-11,16,22H,1-2,5,12-15H2,(H,23,28). The Balaban J connectivity index is 1.38. The maximum absolute atomic E-state index is 12.7. The average Bonchev–Trinajstić information content (AvgIpc) is 3.21. The fraction of sp³-hybridized carbons (Fsp3) is 0.381. The first-order chi connectivity index (χ1) is 13.7. The van der Waals surface area contributed by atoms with Gasteiger partial charge >= 0.3 is 0 Å². The van der Waals surface area contributed by atoms with E-state index in [2.05, 4.69) is 20.3 Å². The first-order valence-corrected chi connectivity index (χ1v) is 9.83. The van der Waals surface area contributed by atoms with E-state index in [1.165, 1.54) is 10.7 Å². The highest BCUT2D eigenvalue weighted by Gasteiger charge is 2.23. The van der Waals surface area contributed by atoms with Gasteiger partial charge in [0.05, 0.1) is 6.54 Å². The number of H-pyrrole nitrogens is 1. The zero-order chi connectivity index (χ0) is 19.3. The third kappa shape index (κ3) is 3.99. The molecule has 1 saturated heterocycles. The van der Waals surface area contributed by atoms with Gasteiger partial charge in [0.1, 0.15) is 0 Å². The molecule has 7 nitrogen and oxygen atoms in total. The van der Waals surface area contributed by atoms with E-state index in [4.69, 9.17) is 0 Å². The van der Waals surface area contributed by atoms with Crippen molar-refractivity contribution in [1.82, 2.24) is 25.0 Å². The van der Waals surface area contributed by atoms with Crippen molar-refractivity contribution < 1.29 is 4.79 Å². The maximum Gasteiger partial charge on any atom is 0.266 e. The molecule has 146 valence electrons. The second-order valence-electron chi connectivity index (χ2n) is 7.23. The molecule has 3 heterocycles. The monoisotopic (exact) mass is 379 g/mol. The zero-order valence-electron chi connectivity index (χ0n) is 15.8. The molecule has 3 aromatic rings. The number of aromatic nitrogens is 3. The molecule has 1 aliphatic rings. The average molecular weight is 379 g/mol. The Kier molecular flexibility index (Phi) is 5.53. The molecule has 1 atom stereocenters. The largest absolute Gasteiger partial charge is 0.361 e. The van der Waals surface area contributed by atoms with Gasteiger partial charge in [-0.1, -0.05) is 12.5 Å². The van der Waals surface area contributed by atoms with Crippen LogP contribution in [0.3, 0.4) is 0 Å². The molecule has 0 spiro atoms. The van der Waals surface area contributed by atoms with Gasteiger partial charge in [-0.25, -0.2) is 4.68 Å². The molecule has 1 unspecified atom stereocenters. The Morgan fingerprint density at radius 1 is 1.18 bits per heavy atom. The summed E-state index contributed by atoms with van der Waals surface area (Å²) >= 11 is 0. The number of aromatic amines is 1. The smallest absolute Gasteiger partial charge is 0.266 e. The van der Waals surface area contributed by atoms with E-state index >= 15 is 0 Å². The van der Waals surface area contributed by atoms with Crippen LogP contribution < -0.4 is 10.9 Å². The Bertz CT molecular complexity index is 1010. The summed E-state index contributed by atoms with van der Waals surface area (Å²) in [5.41, 5.74) is 1.58. The van der Waals surface area contributed by atoms with Gasteiger partial charge in [-0.2, -0.15) is 5.10 Å². The zero-order valence-corrected chi connectivity index (χ0v) is 15.8. The molecule has 1 aliphatic heterocycles. The summed E-state index contributed by atoms with van der Waals surface area (Å²) in [7, 11) is 0. The number of carbonyl (C=O) groups excluding carboxylic acids is 1. The fourth-order valence-corrected chi connectivity index (χ4v) is 3.95. The van der Waals surface area contributed by atoms with Gasteiger partial charge < -0.3 is 10.3 Å². The fourth-order valence-electron chi connectivity index (χ4n) is 3.95. The quantitative estimate of drug-likeness (QED) is 0.686. The molecule has 2 N–H and O–H groups in total. The van der Waals surface area contributed by atoms with Crippen molar-refractivity contribution in [3.63, 3.8) is 0 Å². The number of amides is 1. The van der Waals surface area contributed by atoms with Gasteiger partial charge in [0, 0.05) is 54.1 Å². The lowest BCUT2D eigenvalue weighted by Gasteiger charge is -2.35. The van der Waals surface area contributed by atoms with E-state index in [1.54, 1.807) is 12.3 Å². The number of fused-ring (bicyclic) bond motifs is 1. The lowest BCUT2D eigenvalue weighted by molar-refractivity contribution is 0.0910. The van der Waals surface area contributed by atoms with Crippen LogP contribution in [0.25, 0.3) is 10.9 Å². The lowest BCUT2D eigenvalue weighted by atomic mass is 10.0. The maximum atomic E-state index is 12.7. The van der Waals surface area contributed by atoms with Crippen LogP contribution in [0.4, 0.5) is 0 Å². The molecule has 2 aromatic heterocycles. The molecule has 1 amide bonds. The predicted octanol–water partition coefficient (Wildman–Crippen LogP) is 2.01. The highest BCUT2D eigenvalue weighted by Crippen LogP contribution is 2.19. The van der Waals surface area contributed by atoms with Crippen molar-refractivity contribution in [2.75, 3.05) is 19.6 Å². The predicted molar refractivity (Wildman–Crippen MR) is 108 cm³/mol. The van der Waals surface area contributed by atoms with Crippen molar-refractivity contribution in [3.05, 3.63) is 64.7 Å². The molecular formula is C21H25N5O2. The molecule has 7 heteroatoms. The second kappa shape index (κ2) is 8.39. The normalized spacial score (nSPS) is 17.6. The minimum absolute atomic E-state index is 0.0448. The molecule has 28 heavy (non-hydrogen) atoms. The summed E-state index contributed by atoms with van der Waals surface area (Å²) < 4.78 is 1.50. The summed E-state index contributed by atoms with van der Waals surface area (Å²) in [5.74, 6) is -0.0448. The number of piperidine rings is 1. The van der Waals surface area contributed by atoms with E-state index in [1.807, 2.05) is 30.5 Å². The third-order valence-corrected chi connectivity index (χ3v) is 5.47. The first kappa shape index (κ1) is 18.4.